The van der Waals surface area contributed by atoms with Crippen LogP contribution < -0.4 is 10.6 Å². The molecular formula is C21H16N2O5. The zero-order valence-electron chi connectivity index (χ0n) is 14.6. The van der Waals surface area contributed by atoms with E-state index in [9.17, 15) is 14.4 Å². The number of carbonyl (C=O) groups excluding carboxylic acids is 2. The molecule has 0 unspecified atom stereocenters. The Bertz CT molecular complexity index is 1020. The number of nitrogens with one attached hydrogen (secondary N) is 2. The summed E-state index contributed by atoms with van der Waals surface area (Å²) in [5, 5.41) is 14.2. The molecule has 7 nitrogen and oxygen atoms in total. The average molecular weight is 376 g/mol. The maximum Gasteiger partial charge on any atom is 0.335 e. The van der Waals surface area contributed by atoms with Crippen molar-refractivity contribution in [3.63, 3.8) is 0 Å². The van der Waals surface area contributed by atoms with Crippen LogP contribution >= 0.6 is 0 Å². The van der Waals surface area contributed by atoms with E-state index < -0.39 is 17.8 Å². The van der Waals surface area contributed by atoms with Gasteiger partial charge in [0.1, 0.15) is 11.5 Å². The summed E-state index contributed by atoms with van der Waals surface area (Å²) in [5.41, 5.74) is 0.643. The molecule has 2 aromatic carbocycles. The van der Waals surface area contributed by atoms with Crippen LogP contribution in [0.25, 0.3) is 6.08 Å². The van der Waals surface area contributed by atoms with E-state index in [-0.39, 0.29) is 16.9 Å². The highest BCUT2D eigenvalue weighted by Gasteiger charge is 2.16. The Labute approximate surface area is 160 Å². The number of carboxylic acids is 1. The minimum atomic E-state index is -1.11. The molecule has 0 atom stereocenters. The maximum atomic E-state index is 12.7. The fourth-order valence-electron chi connectivity index (χ4n) is 2.39. The van der Waals surface area contributed by atoms with Gasteiger partial charge in [0.05, 0.1) is 11.8 Å². The zero-order chi connectivity index (χ0) is 19.9. The van der Waals surface area contributed by atoms with E-state index in [1.807, 2.05) is 0 Å². The van der Waals surface area contributed by atoms with Crippen molar-refractivity contribution < 1.29 is 23.9 Å². The number of carboxylic acid groups (broad SMARTS) is 1. The van der Waals surface area contributed by atoms with Crippen molar-refractivity contribution in [1.29, 1.82) is 0 Å². The molecule has 0 radical (unpaired) electrons. The summed E-state index contributed by atoms with van der Waals surface area (Å²) in [5.74, 6) is -1.83. The first-order chi connectivity index (χ1) is 13.5. The molecule has 0 spiro atoms. The maximum absolute atomic E-state index is 12.7. The minimum Gasteiger partial charge on any atom is -0.478 e. The Morgan fingerprint density at radius 2 is 1.64 bits per heavy atom. The third kappa shape index (κ3) is 4.73. The number of hydrogen-bond acceptors (Lipinski definition) is 4. The zero-order valence-corrected chi connectivity index (χ0v) is 14.6. The van der Waals surface area contributed by atoms with Crippen molar-refractivity contribution in [1.82, 2.24) is 5.32 Å². The lowest BCUT2D eigenvalue weighted by atomic mass is 10.2. The van der Waals surface area contributed by atoms with Gasteiger partial charge in [0.15, 0.2) is 0 Å². The van der Waals surface area contributed by atoms with Gasteiger partial charge in [-0.3, -0.25) is 9.59 Å². The van der Waals surface area contributed by atoms with Crippen molar-refractivity contribution in [2.75, 3.05) is 5.32 Å². The summed E-state index contributed by atoms with van der Waals surface area (Å²) in [6.07, 6.45) is 2.83. The van der Waals surface area contributed by atoms with Crippen molar-refractivity contribution >= 4 is 29.5 Å². The minimum absolute atomic E-state index is 0.0303. The summed E-state index contributed by atoms with van der Waals surface area (Å²) < 4.78 is 5.22. The molecule has 28 heavy (non-hydrogen) atoms. The molecule has 0 bridgehead atoms. The standard InChI is InChI=1S/C21H16N2O5/c24-19(14-6-2-1-3-7-14)23-18(13-17-10-5-11-28-17)20(25)22-16-9-4-8-15(12-16)21(26)27/h1-13H,(H,22,25)(H,23,24)(H,26,27)/b18-13-. The number of aromatic carboxylic acids is 1. The molecule has 3 aromatic rings. The third-order valence-electron chi connectivity index (χ3n) is 3.73. The van der Waals surface area contributed by atoms with Crippen LogP contribution in [-0.4, -0.2) is 22.9 Å². The molecule has 140 valence electrons. The molecule has 0 aliphatic carbocycles. The molecule has 0 fully saturated rings. The summed E-state index contributed by atoms with van der Waals surface area (Å²) >= 11 is 0. The first-order valence-electron chi connectivity index (χ1n) is 8.29. The molecule has 3 rings (SSSR count). The number of anilines is 1. The lowest BCUT2D eigenvalue weighted by Gasteiger charge is -2.11. The molecule has 0 aliphatic rings. The van der Waals surface area contributed by atoms with Gasteiger partial charge in [0, 0.05) is 17.3 Å². The molecule has 1 aromatic heterocycles. The predicted octanol–water partition coefficient (Wildman–Crippen LogP) is 3.39. The topological polar surface area (TPSA) is 109 Å². The monoisotopic (exact) mass is 376 g/mol. The van der Waals surface area contributed by atoms with E-state index in [1.54, 1.807) is 48.5 Å². The van der Waals surface area contributed by atoms with Crippen molar-refractivity contribution in [2.24, 2.45) is 0 Å². The van der Waals surface area contributed by atoms with Crippen LogP contribution in [0.4, 0.5) is 5.69 Å². The molecule has 0 saturated heterocycles. The SMILES string of the molecule is O=C(Nc1cccc(C(=O)O)c1)/C(=C/c1ccco1)NC(=O)c1ccccc1. The molecule has 2 amide bonds. The molecule has 1 heterocycles. The fourth-order valence-corrected chi connectivity index (χ4v) is 2.39. The second-order valence-corrected chi connectivity index (χ2v) is 5.73. The van der Waals surface area contributed by atoms with Crippen LogP contribution in [-0.2, 0) is 4.79 Å². The molecule has 7 heteroatoms. The summed E-state index contributed by atoms with van der Waals surface area (Å²) in [7, 11) is 0. The summed E-state index contributed by atoms with van der Waals surface area (Å²) in [6, 6.07) is 17.5. The Kier molecular flexibility index (Phi) is 5.66. The van der Waals surface area contributed by atoms with Crippen molar-refractivity contribution in [2.45, 2.75) is 0 Å². The number of furan rings is 1. The second kappa shape index (κ2) is 8.50. The summed E-state index contributed by atoms with van der Waals surface area (Å²) in [4.78, 5) is 36.2. The third-order valence-corrected chi connectivity index (χ3v) is 3.73. The number of amides is 2. The Hall–Kier alpha value is -4.13. The normalized spacial score (nSPS) is 10.9. The van der Waals surface area contributed by atoms with Gasteiger partial charge in [-0.15, -0.1) is 0 Å². The highest BCUT2D eigenvalue weighted by atomic mass is 16.4. The van der Waals surface area contributed by atoms with Crippen LogP contribution in [0.5, 0.6) is 0 Å². The van der Waals surface area contributed by atoms with E-state index in [1.165, 1.54) is 30.5 Å². The van der Waals surface area contributed by atoms with Crippen LogP contribution in [0, 0.1) is 0 Å². The van der Waals surface area contributed by atoms with Crippen LogP contribution in [0.15, 0.2) is 83.1 Å². The average Bonchev–Trinajstić information content (AvgIpc) is 3.21. The van der Waals surface area contributed by atoms with Crippen molar-refractivity contribution in [3.05, 3.63) is 95.6 Å². The Balaban J connectivity index is 1.84. The van der Waals surface area contributed by atoms with E-state index in [4.69, 9.17) is 9.52 Å². The highest BCUT2D eigenvalue weighted by Crippen LogP contribution is 2.14. The lowest BCUT2D eigenvalue weighted by Crippen LogP contribution is -2.30. The highest BCUT2D eigenvalue weighted by molar-refractivity contribution is 6.10. The van der Waals surface area contributed by atoms with Crippen LogP contribution in [0.3, 0.4) is 0 Å². The van der Waals surface area contributed by atoms with Crippen LogP contribution in [0.2, 0.25) is 0 Å². The van der Waals surface area contributed by atoms with Gasteiger partial charge in [0.2, 0.25) is 0 Å². The van der Waals surface area contributed by atoms with Gasteiger partial charge in [-0.05, 0) is 42.5 Å². The summed E-state index contributed by atoms with van der Waals surface area (Å²) in [6.45, 7) is 0. The lowest BCUT2D eigenvalue weighted by molar-refractivity contribution is -0.113. The quantitative estimate of drug-likeness (QED) is 0.572. The van der Waals surface area contributed by atoms with E-state index >= 15 is 0 Å². The smallest absolute Gasteiger partial charge is 0.335 e. The Morgan fingerprint density at radius 1 is 0.893 bits per heavy atom. The van der Waals surface area contributed by atoms with E-state index in [0.29, 0.717) is 11.3 Å². The first kappa shape index (κ1) is 18.7. The first-order valence-corrected chi connectivity index (χ1v) is 8.29. The number of hydrogen-bond donors (Lipinski definition) is 3. The molecule has 3 N–H and O–H groups in total. The second-order valence-electron chi connectivity index (χ2n) is 5.73. The number of benzene rings is 2. The van der Waals surface area contributed by atoms with Gasteiger partial charge in [-0.1, -0.05) is 24.3 Å². The predicted molar refractivity (Wildman–Crippen MR) is 103 cm³/mol. The molecule has 0 saturated carbocycles. The van der Waals surface area contributed by atoms with Gasteiger partial charge in [0.25, 0.3) is 11.8 Å². The van der Waals surface area contributed by atoms with E-state index in [0.717, 1.165) is 0 Å². The largest absolute Gasteiger partial charge is 0.478 e. The van der Waals surface area contributed by atoms with Crippen molar-refractivity contribution in [3.8, 4) is 0 Å². The van der Waals surface area contributed by atoms with Crippen LogP contribution in [0.1, 0.15) is 26.5 Å². The van der Waals surface area contributed by atoms with Gasteiger partial charge in [-0.2, -0.15) is 0 Å². The van der Waals surface area contributed by atoms with Gasteiger partial charge < -0.3 is 20.2 Å². The van der Waals surface area contributed by atoms with Gasteiger partial charge in [-0.25, -0.2) is 4.79 Å². The molecule has 0 aliphatic heterocycles. The molecular weight excluding hydrogens is 360 g/mol. The number of rotatable bonds is 6. The van der Waals surface area contributed by atoms with E-state index in [2.05, 4.69) is 10.6 Å². The Morgan fingerprint density at radius 3 is 2.32 bits per heavy atom. The fraction of sp³-hybridized carbons (Fsp3) is 0. The van der Waals surface area contributed by atoms with Gasteiger partial charge >= 0.3 is 5.97 Å². The number of carbonyl (C=O) groups is 3.